The molecule has 1 N–H and O–H groups in total. The van der Waals surface area contributed by atoms with Gasteiger partial charge in [-0.2, -0.15) is 0 Å². The maximum Gasteiger partial charge on any atom is 0.0843 e. The normalized spacial score (nSPS) is 12.7. The van der Waals surface area contributed by atoms with Gasteiger partial charge in [-0.15, -0.1) is 11.3 Å². The van der Waals surface area contributed by atoms with Gasteiger partial charge in [0.25, 0.3) is 0 Å². The Labute approximate surface area is 136 Å². The van der Waals surface area contributed by atoms with E-state index in [1.54, 1.807) is 11.3 Å². The van der Waals surface area contributed by atoms with Crippen molar-refractivity contribution in [2.24, 2.45) is 0 Å². The van der Waals surface area contributed by atoms with E-state index in [2.05, 4.69) is 84.3 Å². The van der Waals surface area contributed by atoms with Gasteiger partial charge in [0.05, 0.1) is 9.83 Å². The molecule has 2 aromatic rings. The van der Waals surface area contributed by atoms with Crippen molar-refractivity contribution in [3.05, 3.63) is 53.0 Å². The lowest BCUT2D eigenvalue weighted by molar-refractivity contribution is 0.703. The third-order valence-electron chi connectivity index (χ3n) is 2.77. The van der Waals surface area contributed by atoms with E-state index in [1.165, 1.54) is 16.0 Å². The number of benzene rings is 1. The number of thiophene rings is 1. The quantitative estimate of drug-likeness (QED) is 0.633. The molecule has 0 bridgehead atoms. The Kier molecular flexibility index (Phi) is 5.06. The molecule has 0 aliphatic heterocycles. The first-order valence-electron chi connectivity index (χ1n) is 5.41. The molecule has 1 heterocycles. The monoisotopic (exact) mass is 451 g/mol. The SMILES string of the molecule is CNC(c1ccc(C)c(Br)c1)c1cc(Br)c(Br)s1. The van der Waals surface area contributed by atoms with E-state index in [1.807, 2.05) is 7.05 Å². The minimum absolute atomic E-state index is 0.217. The van der Waals surface area contributed by atoms with Crippen LogP contribution < -0.4 is 5.32 Å². The number of hydrogen-bond acceptors (Lipinski definition) is 2. The number of rotatable bonds is 3. The highest BCUT2D eigenvalue weighted by Crippen LogP contribution is 2.38. The zero-order chi connectivity index (χ0) is 13.3. The summed E-state index contributed by atoms with van der Waals surface area (Å²) in [5.74, 6) is 0. The van der Waals surface area contributed by atoms with E-state index < -0.39 is 0 Å². The summed E-state index contributed by atoms with van der Waals surface area (Å²) in [6.07, 6.45) is 0. The first-order chi connectivity index (χ1) is 8.52. The number of hydrogen-bond donors (Lipinski definition) is 1. The highest BCUT2D eigenvalue weighted by atomic mass is 79.9. The van der Waals surface area contributed by atoms with Gasteiger partial charge in [0.15, 0.2) is 0 Å². The average Bonchev–Trinajstić information content (AvgIpc) is 2.65. The summed E-state index contributed by atoms with van der Waals surface area (Å²) < 4.78 is 3.38. The van der Waals surface area contributed by atoms with Gasteiger partial charge in [0.1, 0.15) is 0 Å². The number of nitrogens with one attached hydrogen (secondary N) is 1. The maximum absolute atomic E-state index is 3.59. The second-order valence-corrected chi connectivity index (χ2v) is 8.11. The Balaban J connectivity index is 2.41. The third-order valence-corrected chi connectivity index (χ3v) is 6.94. The molecular weight excluding hydrogens is 442 g/mol. The van der Waals surface area contributed by atoms with Gasteiger partial charge < -0.3 is 5.32 Å². The molecule has 5 heteroatoms. The van der Waals surface area contributed by atoms with Crippen LogP contribution in [0.25, 0.3) is 0 Å². The zero-order valence-electron chi connectivity index (χ0n) is 9.93. The van der Waals surface area contributed by atoms with Gasteiger partial charge in [0, 0.05) is 13.8 Å². The minimum atomic E-state index is 0.217. The Hall–Kier alpha value is 0.320. The summed E-state index contributed by atoms with van der Waals surface area (Å²) in [6, 6.07) is 8.86. The van der Waals surface area contributed by atoms with E-state index in [0.717, 1.165) is 12.7 Å². The molecule has 0 spiro atoms. The molecular formula is C13H12Br3NS. The lowest BCUT2D eigenvalue weighted by atomic mass is 10.0. The van der Waals surface area contributed by atoms with Crippen LogP contribution in [0.2, 0.25) is 0 Å². The molecule has 2 rings (SSSR count). The van der Waals surface area contributed by atoms with Gasteiger partial charge >= 0.3 is 0 Å². The van der Waals surface area contributed by atoms with Crippen LogP contribution in [-0.4, -0.2) is 7.05 Å². The standard InChI is InChI=1S/C13H12Br3NS/c1-7-3-4-8(5-9(7)14)12(17-2)11-6-10(15)13(16)18-11/h3-6,12,17H,1-2H3. The summed E-state index contributed by atoms with van der Waals surface area (Å²) in [5, 5.41) is 3.37. The molecule has 0 fully saturated rings. The maximum atomic E-state index is 3.59. The van der Waals surface area contributed by atoms with E-state index in [0.29, 0.717) is 0 Å². The number of aryl methyl sites for hydroxylation is 1. The second-order valence-electron chi connectivity index (χ2n) is 4.00. The van der Waals surface area contributed by atoms with Crippen LogP contribution in [0.5, 0.6) is 0 Å². The minimum Gasteiger partial charge on any atom is -0.309 e. The molecule has 0 saturated heterocycles. The van der Waals surface area contributed by atoms with Crippen molar-refractivity contribution in [2.75, 3.05) is 7.05 Å². The summed E-state index contributed by atoms with van der Waals surface area (Å²) >= 11 is 12.4. The van der Waals surface area contributed by atoms with Crippen LogP contribution in [-0.2, 0) is 0 Å². The molecule has 1 unspecified atom stereocenters. The lowest BCUT2D eigenvalue weighted by Gasteiger charge is -2.16. The zero-order valence-corrected chi connectivity index (χ0v) is 15.5. The van der Waals surface area contributed by atoms with Crippen LogP contribution in [0.3, 0.4) is 0 Å². The van der Waals surface area contributed by atoms with Gasteiger partial charge in [-0.05, 0) is 69.1 Å². The molecule has 0 aliphatic carbocycles. The molecule has 0 saturated carbocycles. The van der Waals surface area contributed by atoms with E-state index in [-0.39, 0.29) is 6.04 Å². The summed E-state index contributed by atoms with van der Waals surface area (Å²) in [5.41, 5.74) is 2.51. The molecule has 0 amide bonds. The fourth-order valence-electron chi connectivity index (χ4n) is 1.77. The van der Waals surface area contributed by atoms with Crippen molar-refractivity contribution in [3.8, 4) is 0 Å². The van der Waals surface area contributed by atoms with Gasteiger partial charge in [0.2, 0.25) is 0 Å². The smallest absolute Gasteiger partial charge is 0.0843 e. The van der Waals surface area contributed by atoms with Crippen molar-refractivity contribution >= 4 is 59.1 Å². The van der Waals surface area contributed by atoms with Crippen molar-refractivity contribution in [3.63, 3.8) is 0 Å². The molecule has 0 aliphatic rings. The first-order valence-corrected chi connectivity index (χ1v) is 8.60. The fourth-order valence-corrected chi connectivity index (χ4v) is 4.39. The Morgan fingerprint density at radius 1 is 1.11 bits per heavy atom. The topological polar surface area (TPSA) is 12.0 Å². The van der Waals surface area contributed by atoms with E-state index in [4.69, 9.17) is 0 Å². The second kappa shape index (κ2) is 6.18. The number of halogens is 3. The molecule has 1 nitrogen and oxygen atoms in total. The summed E-state index contributed by atoms with van der Waals surface area (Å²) in [6.45, 7) is 2.10. The summed E-state index contributed by atoms with van der Waals surface area (Å²) in [7, 11) is 1.99. The first kappa shape index (κ1) is 14.7. The lowest BCUT2D eigenvalue weighted by Crippen LogP contribution is -2.16. The Morgan fingerprint density at radius 2 is 1.83 bits per heavy atom. The van der Waals surface area contributed by atoms with Gasteiger partial charge in [-0.3, -0.25) is 0 Å². The average molecular weight is 454 g/mol. The van der Waals surface area contributed by atoms with E-state index >= 15 is 0 Å². The van der Waals surface area contributed by atoms with Crippen molar-refractivity contribution in [1.82, 2.24) is 5.32 Å². The largest absolute Gasteiger partial charge is 0.309 e. The van der Waals surface area contributed by atoms with Crippen molar-refractivity contribution < 1.29 is 0 Å². The molecule has 1 atom stereocenters. The van der Waals surface area contributed by atoms with Crippen LogP contribution >= 0.6 is 59.1 Å². The van der Waals surface area contributed by atoms with Crippen molar-refractivity contribution in [2.45, 2.75) is 13.0 Å². The van der Waals surface area contributed by atoms with Crippen LogP contribution in [0.4, 0.5) is 0 Å². The molecule has 1 aromatic carbocycles. The van der Waals surface area contributed by atoms with E-state index in [9.17, 15) is 0 Å². The highest BCUT2D eigenvalue weighted by molar-refractivity contribution is 9.13. The molecule has 0 radical (unpaired) electrons. The van der Waals surface area contributed by atoms with Crippen LogP contribution in [0.15, 0.2) is 37.0 Å². The Bertz CT molecular complexity index is 546. The highest BCUT2D eigenvalue weighted by Gasteiger charge is 2.16. The van der Waals surface area contributed by atoms with Crippen LogP contribution in [0, 0.1) is 6.92 Å². The predicted molar refractivity (Wildman–Crippen MR) is 89.5 cm³/mol. The summed E-state index contributed by atoms with van der Waals surface area (Å²) in [4.78, 5) is 1.28. The third kappa shape index (κ3) is 3.07. The van der Waals surface area contributed by atoms with Gasteiger partial charge in [-0.1, -0.05) is 28.1 Å². The van der Waals surface area contributed by atoms with Crippen molar-refractivity contribution in [1.29, 1.82) is 0 Å². The van der Waals surface area contributed by atoms with Gasteiger partial charge in [-0.25, -0.2) is 0 Å². The predicted octanol–water partition coefficient (Wildman–Crippen LogP) is 5.65. The van der Waals surface area contributed by atoms with Crippen LogP contribution in [0.1, 0.15) is 22.0 Å². The molecule has 1 aromatic heterocycles. The Morgan fingerprint density at radius 3 is 2.33 bits per heavy atom. The molecule has 96 valence electrons. The molecule has 18 heavy (non-hydrogen) atoms. The fraction of sp³-hybridized carbons (Fsp3) is 0.231.